The number of carbonyl (C=O) groups is 1. The van der Waals surface area contributed by atoms with Crippen LogP contribution in [0.25, 0.3) is 5.65 Å². The summed E-state index contributed by atoms with van der Waals surface area (Å²) < 4.78 is 7.33. The molecule has 1 aliphatic rings. The van der Waals surface area contributed by atoms with E-state index in [0.717, 1.165) is 37.5 Å². The summed E-state index contributed by atoms with van der Waals surface area (Å²) in [6.45, 7) is 5.41. The quantitative estimate of drug-likeness (QED) is 0.934. The zero-order valence-electron chi connectivity index (χ0n) is 12.4. The Morgan fingerprint density at radius 1 is 1.33 bits per heavy atom. The zero-order chi connectivity index (χ0) is 14.8. The van der Waals surface area contributed by atoms with Gasteiger partial charge in [-0.05, 0) is 38.8 Å². The highest BCUT2D eigenvalue weighted by Crippen LogP contribution is 2.25. The summed E-state index contributed by atoms with van der Waals surface area (Å²) in [4.78, 5) is 12.1. The molecule has 1 amide bonds. The molecule has 0 unspecified atom stereocenters. The Labute approximate surface area is 123 Å². The fourth-order valence-corrected chi connectivity index (χ4v) is 2.62. The van der Waals surface area contributed by atoms with Crippen LogP contribution in [0.3, 0.4) is 0 Å². The first kappa shape index (κ1) is 14.0. The van der Waals surface area contributed by atoms with Crippen LogP contribution >= 0.6 is 0 Å². The molecule has 0 aromatic carbocycles. The van der Waals surface area contributed by atoms with Gasteiger partial charge >= 0.3 is 0 Å². The van der Waals surface area contributed by atoms with Gasteiger partial charge in [0.05, 0.1) is 5.56 Å². The summed E-state index contributed by atoms with van der Waals surface area (Å²) in [7, 11) is 0. The molecule has 2 aromatic heterocycles. The smallest absolute Gasteiger partial charge is 0.252 e. The van der Waals surface area contributed by atoms with E-state index in [0.29, 0.717) is 11.5 Å². The normalized spacial score (nSPS) is 16.5. The van der Waals surface area contributed by atoms with Crippen LogP contribution in [-0.4, -0.2) is 39.8 Å². The monoisotopic (exact) mass is 288 g/mol. The van der Waals surface area contributed by atoms with Gasteiger partial charge in [0, 0.05) is 31.4 Å². The Bertz CT molecular complexity index is 644. The second-order valence-corrected chi connectivity index (χ2v) is 5.72. The number of carbonyl (C=O) groups excluding carboxylic acids is 1. The van der Waals surface area contributed by atoms with Gasteiger partial charge in [-0.3, -0.25) is 9.20 Å². The Morgan fingerprint density at radius 2 is 2.10 bits per heavy atom. The molecule has 1 N–H and O–H groups in total. The lowest BCUT2D eigenvalue weighted by Gasteiger charge is -2.20. The molecule has 0 radical (unpaired) electrons. The fourth-order valence-electron chi connectivity index (χ4n) is 2.62. The average Bonchev–Trinajstić information content (AvgIpc) is 2.90. The van der Waals surface area contributed by atoms with E-state index in [1.165, 1.54) is 0 Å². The second kappa shape index (κ2) is 5.81. The van der Waals surface area contributed by atoms with Crippen LogP contribution in [0.5, 0.6) is 0 Å². The number of aromatic nitrogens is 3. The van der Waals surface area contributed by atoms with Gasteiger partial charge in [0.25, 0.3) is 5.91 Å². The Hall–Kier alpha value is -1.95. The van der Waals surface area contributed by atoms with E-state index in [9.17, 15) is 4.79 Å². The van der Waals surface area contributed by atoms with Gasteiger partial charge in [-0.2, -0.15) is 0 Å². The summed E-state index contributed by atoms with van der Waals surface area (Å²) in [5.41, 5.74) is 1.40. The van der Waals surface area contributed by atoms with Gasteiger partial charge in [0.1, 0.15) is 5.82 Å². The van der Waals surface area contributed by atoms with E-state index in [-0.39, 0.29) is 11.9 Å². The second-order valence-electron chi connectivity index (χ2n) is 5.72. The van der Waals surface area contributed by atoms with E-state index in [2.05, 4.69) is 15.5 Å². The summed E-state index contributed by atoms with van der Waals surface area (Å²) in [5.74, 6) is 1.20. The van der Waals surface area contributed by atoms with Crippen molar-refractivity contribution >= 4 is 11.6 Å². The molecule has 3 heterocycles. The van der Waals surface area contributed by atoms with Crippen molar-refractivity contribution in [3.05, 3.63) is 29.7 Å². The number of fused-ring (bicyclic) bond motifs is 1. The largest absolute Gasteiger partial charge is 0.381 e. The molecule has 3 rings (SSSR count). The Balaban J connectivity index is 1.93. The van der Waals surface area contributed by atoms with Gasteiger partial charge in [-0.25, -0.2) is 0 Å². The lowest BCUT2D eigenvalue weighted by Crippen LogP contribution is -2.30. The topological polar surface area (TPSA) is 68.5 Å². The van der Waals surface area contributed by atoms with Crippen molar-refractivity contribution < 1.29 is 9.53 Å². The zero-order valence-corrected chi connectivity index (χ0v) is 12.4. The molecular formula is C15H20N4O2. The van der Waals surface area contributed by atoms with Crippen molar-refractivity contribution in [2.45, 2.75) is 38.6 Å². The molecule has 0 spiro atoms. The van der Waals surface area contributed by atoms with Crippen molar-refractivity contribution in [3.8, 4) is 0 Å². The third kappa shape index (κ3) is 2.90. The average molecular weight is 288 g/mol. The number of nitrogens with zero attached hydrogens (tertiary/aromatic N) is 3. The fraction of sp³-hybridized carbons (Fsp3) is 0.533. The third-order valence-electron chi connectivity index (χ3n) is 3.70. The van der Waals surface area contributed by atoms with Crippen LogP contribution in [-0.2, 0) is 4.74 Å². The number of hydrogen-bond donors (Lipinski definition) is 1. The van der Waals surface area contributed by atoms with Crippen LogP contribution < -0.4 is 5.32 Å². The lowest BCUT2D eigenvalue weighted by atomic mass is 9.99. The van der Waals surface area contributed by atoms with Crippen molar-refractivity contribution in [3.63, 3.8) is 0 Å². The molecule has 6 nitrogen and oxygen atoms in total. The standard InChI is InChI=1S/C15H20N4O2/c1-10(2)16-15(20)12-3-4-13-17-18-14(19(13)9-12)11-5-7-21-8-6-11/h3-4,9-11H,5-8H2,1-2H3,(H,16,20). The molecule has 0 bridgehead atoms. The number of ether oxygens (including phenoxy) is 1. The van der Waals surface area contributed by atoms with Gasteiger partial charge in [0.15, 0.2) is 5.65 Å². The summed E-state index contributed by atoms with van der Waals surface area (Å²) in [6.07, 6.45) is 3.73. The van der Waals surface area contributed by atoms with E-state index in [1.807, 2.05) is 30.5 Å². The SMILES string of the molecule is CC(C)NC(=O)c1ccc2nnc(C3CCOCC3)n2c1. The molecule has 21 heavy (non-hydrogen) atoms. The first-order chi connectivity index (χ1) is 10.1. The van der Waals surface area contributed by atoms with Gasteiger partial charge in [-0.1, -0.05) is 0 Å². The van der Waals surface area contributed by atoms with E-state index in [4.69, 9.17) is 4.74 Å². The summed E-state index contributed by atoms with van der Waals surface area (Å²) in [6, 6.07) is 3.74. The van der Waals surface area contributed by atoms with Crippen LogP contribution in [0.4, 0.5) is 0 Å². The molecule has 112 valence electrons. The predicted molar refractivity (Wildman–Crippen MR) is 78.4 cm³/mol. The highest BCUT2D eigenvalue weighted by atomic mass is 16.5. The number of hydrogen-bond acceptors (Lipinski definition) is 4. The number of amides is 1. The maximum Gasteiger partial charge on any atom is 0.252 e. The minimum atomic E-state index is -0.0708. The Kier molecular flexibility index (Phi) is 3.88. The number of nitrogens with one attached hydrogen (secondary N) is 1. The first-order valence-corrected chi connectivity index (χ1v) is 7.38. The molecule has 2 aromatic rings. The Morgan fingerprint density at radius 3 is 2.81 bits per heavy atom. The highest BCUT2D eigenvalue weighted by Gasteiger charge is 2.21. The maximum absolute atomic E-state index is 12.1. The van der Waals surface area contributed by atoms with Crippen molar-refractivity contribution in [2.24, 2.45) is 0 Å². The minimum Gasteiger partial charge on any atom is -0.381 e. The van der Waals surface area contributed by atoms with Crippen molar-refractivity contribution in [1.82, 2.24) is 19.9 Å². The first-order valence-electron chi connectivity index (χ1n) is 7.38. The number of rotatable bonds is 3. The summed E-state index contributed by atoms with van der Waals surface area (Å²) >= 11 is 0. The highest BCUT2D eigenvalue weighted by molar-refractivity contribution is 5.94. The summed E-state index contributed by atoms with van der Waals surface area (Å²) in [5, 5.41) is 11.4. The molecule has 1 fully saturated rings. The van der Waals surface area contributed by atoms with Crippen LogP contribution in [0.1, 0.15) is 48.8 Å². The van der Waals surface area contributed by atoms with E-state index in [1.54, 1.807) is 6.07 Å². The molecule has 1 saturated heterocycles. The minimum absolute atomic E-state index is 0.0708. The van der Waals surface area contributed by atoms with Gasteiger partial charge in [-0.15, -0.1) is 10.2 Å². The van der Waals surface area contributed by atoms with Gasteiger partial charge < -0.3 is 10.1 Å². The van der Waals surface area contributed by atoms with Crippen molar-refractivity contribution in [1.29, 1.82) is 0 Å². The molecular weight excluding hydrogens is 268 g/mol. The van der Waals surface area contributed by atoms with Crippen LogP contribution in [0.2, 0.25) is 0 Å². The third-order valence-corrected chi connectivity index (χ3v) is 3.70. The van der Waals surface area contributed by atoms with E-state index >= 15 is 0 Å². The lowest BCUT2D eigenvalue weighted by molar-refractivity contribution is 0.0833. The predicted octanol–water partition coefficient (Wildman–Crippen LogP) is 1.76. The maximum atomic E-state index is 12.1. The molecule has 1 aliphatic heterocycles. The van der Waals surface area contributed by atoms with Crippen LogP contribution in [0.15, 0.2) is 18.3 Å². The van der Waals surface area contributed by atoms with Crippen LogP contribution in [0, 0.1) is 0 Å². The molecule has 0 atom stereocenters. The molecule has 6 heteroatoms. The van der Waals surface area contributed by atoms with E-state index < -0.39 is 0 Å². The van der Waals surface area contributed by atoms with Gasteiger partial charge in [0.2, 0.25) is 0 Å². The van der Waals surface area contributed by atoms with Crippen molar-refractivity contribution in [2.75, 3.05) is 13.2 Å². The molecule has 0 aliphatic carbocycles. The number of pyridine rings is 1. The molecule has 0 saturated carbocycles.